The average Bonchev–Trinajstić information content (AvgIpc) is 2.32. The molecule has 0 radical (unpaired) electrons. The molecule has 0 atom stereocenters. The van der Waals surface area contributed by atoms with E-state index in [2.05, 4.69) is 19.9 Å². The smallest absolute Gasteiger partial charge is 0.316 e. The summed E-state index contributed by atoms with van der Waals surface area (Å²) in [6.07, 6.45) is 0.798. The topological polar surface area (TPSA) is 29.5 Å². The van der Waals surface area contributed by atoms with Crippen LogP contribution in [0.2, 0.25) is 0 Å². The normalized spacial score (nSPS) is 10.3. The molecule has 0 aliphatic rings. The summed E-state index contributed by atoms with van der Waals surface area (Å²) in [6.45, 7) is 6.79. The van der Waals surface area contributed by atoms with Gasteiger partial charge in [-0.05, 0) is 61.0 Å². The summed E-state index contributed by atoms with van der Waals surface area (Å²) in [6, 6.07) is 2.12. The molecule has 0 saturated heterocycles. The van der Waals surface area contributed by atoms with Gasteiger partial charge in [0.15, 0.2) is 0 Å². The quantitative estimate of drug-likeness (QED) is 0.619. The fourth-order valence-electron chi connectivity index (χ4n) is 2.09. The summed E-state index contributed by atoms with van der Waals surface area (Å²) in [7, 11) is 3.39. The van der Waals surface area contributed by atoms with Gasteiger partial charge in [0.05, 0.1) is 7.11 Å². The number of likely N-dealkylation sites (N-methyl/N-ethyl adjacent to an activating group) is 1. The van der Waals surface area contributed by atoms with E-state index < -0.39 is 5.37 Å². The molecule has 0 fully saturated rings. The summed E-state index contributed by atoms with van der Waals surface area (Å²) < 4.78 is 5.39. The van der Waals surface area contributed by atoms with Crippen molar-refractivity contribution in [2.75, 3.05) is 20.7 Å². The lowest BCUT2D eigenvalue weighted by Gasteiger charge is -2.18. The first-order chi connectivity index (χ1) is 8.38. The Morgan fingerprint density at radius 1 is 1.33 bits per heavy atom. The molecule has 4 heteroatoms. The number of ether oxygens (including phenoxy) is 1. The van der Waals surface area contributed by atoms with E-state index in [0.717, 1.165) is 23.3 Å². The fourth-order valence-corrected chi connectivity index (χ4v) is 2.18. The lowest BCUT2D eigenvalue weighted by molar-refractivity contribution is 0.232. The Morgan fingerprint density at radius 2 is 1.94 bits per heavy atom. The number of nitrogens with zero attached hydrogens (tertiary/aromatic N) is 1. The Bertz CT molecular complexity index is 458. The number of hydrogen-bond donors (Lipinski definition) is 0. The highest BCUT2D eigenvalue weighted by Crippen LogP contribution is 2.28. The monoisotopic (exact) mass is 269 g/mol. The van der Waals surface area contributed by atoms with Crippen molar-refractivity contribution in [3.8, 4) is 5.75 Å². The van der Waals surface area contributed by atoms with Crippen LogP contribution >= 0.6 is 11.6 Å². The highest BCUT2D eigenvalue weighted by atomic mass is 35.5. The predicted molar refractivity (Wildman–Crippen MR) is 74.8 cm³/mol. The molecule has 0 aliphatic heterocycles. The van der Waals surface area contributed by atoms with Crippen molar-refractivity contribution in [2.45, 2.75) is 27.2 Å². The maximum absolute atomic E-state index is 11.0. The minimum absolute atomic E-state index is 0.422. The largest absolute Gasteiger partial charge is 0.496 e. The first kappa shape index (κ1) is 14.8. The second-order valence-corrected chi connectivity index (χ2v) is 4.88. The van der Waals surface area contributed by atoms with Gasteiger partial charge in [-0.3, -0.25) is 4.79 Å². The number of halogens is 1. The van der Waals surface area contributed by atoms with Gasteiger partial charge < -0.3 is 9.64 Å². The van der Waals surface area contributed by atoms with E-state index in [1.165, 1.54) is 16.0 Å². The van der Waals surface area contributed by atoms with Crippen molar-refractivity contribution in [3.63, 3.8) is 0 Å². The Balaban J connectivity index is 2.94. The number of benzene rings is 1. The van der Waals surface area contributed by atoms with Crippen LogP contribution in [0.3, 0.4) is 0 Å². The molecule has 1 aromatic carbocycles. The number of amides is 1. The Kier molecular flexibility index (Phi) is 5.03. The van der Waals surface area contributed by atoms with E-state index in [0.29, 0.717) is 6.54 Å². The van der Waals surface area contributed by atoms with Gasteiger partial charge in [0.1, 0.15) is 5.75 Å². The molecule has 18 heavy (non-hydrogen) atoms. The number of carbonyl (C=O) groups is 1. The van der Waals surface area contributed by atoms with Crippen LogP contribution in [-0.2, 0) is 6.42 Å². The molecular formula is C14H20ClNO2. The lowest BCUT2D eigenvalue weighted by Crippen LogP contribution is -2.23. The van der Waals surface area contributed by atoms with Crippen LogP contribution < -0.4 is 4.74 Å². The summed E-state index contributed by atoms with van der Waals surface area (Å²) in [5, 5.41) is -0.422. The molecule has 0 bridgehead atoms. The standard InChI is InChI=1S/C14H20ClNO2/c1-9-8-12(6-7-16(4)14(15)17)10(2)11(3)13(9)18-5/h8H,6-7H2,1-5H3. The van der Waals surface area contributed by atoms with Crippen molar-refractivity contribution >= 4 is 17.0 Å². The van der Waals surface area contributed by atoms with Gasteiger partial charge in [0, 0.05) is 13.6 Å². The highest BCUT2D eigenvalue weighted by molar-refractivity contribution is 6.62. The maximum Gasteiger partial charge on any atom is 0.316 e. The highest BCUT2D eigenvalue weighted by Gasteiger charge is 2.12. The molecule has 0 unspecified atom stereocenters. The van der Waals surface area contributed by atoms with Gasteiger partial charge >= 0.3 is 5.37 Å². The van der Waals surface area contributed by atoms with Crippen molar-refractivity contribution < 1.29 is 9.53 Å². The van der Waals surface area contributed by atoms with Crippen LogP contribution in [0.5, 0.6) is 5.75 Å². The van der Waals surface area contributed by atoms with E-state index in [9.17, 15) is 4.79 Å². The number of carbonyl (C=O) groups excluding carboxylic acids is 1. The molecule has 3 nitrogen and oxygen atoms in total. The van der Waals surface area contributed by atoms with Gasteiger partial charge in [0.2, 0.25) is 0 Å². The van der Waals surface area contributed by atoms with Gasteiger partial charge in [0.25, 0.3) is 0 Å². The minimum Gasteiger partial charge on any atom is -0.496 e. The second-order valence-electron chi connectivity index (χ2n) is 4.56. The van der Waals surface area contributed by atoms with Crippen LogP contribution in [0, 0.1) is 20.8 Å². The van der Waals surface area contributed by atoms with Crippen LogP contribution in [-0.4, -0.2) is 31.0 Å². The van der Waals surface area contributed by atoms with Crippen LogP contribution in [0.4, 0.5) is 4.79 Å². The van der Waals surface area contributed by atoms with Crippen molar-refractivity contribution in [1.82, 2.24) is 4.90 Å². The SMILES string of the molecule is COc1c(C)cc(CCN(C)C(=O)Cl)c(C)c1C. The van der Waals surface area contributed by atoms with Crippen molar-refractivity contribution in [3.05, 3.63) is 28.3 Å². The summed E-state index contributed by atoms with van der Waals surface area (Å²) in [5.41, 5.74) is 4.73. The zero-order valence-electron chi connectivity index (χ0n) is 11.6. The number of rotatable bonds is 4. The number of aryl methyl sites for hydroxylation is 1. The predicted octanol–water partition coefficient (Wildman–Crippen LogP) is 3.45. The van der Waals surface area contributed by atoms with E-state index in [4.69, 9.17) is 16.3 Å². The molecular weight excluding hydrogens is 250 g/mol. The van der Waals surface area contributed by atoms with Crippen LogP contribution in [0.25, 0.3) is 0 Å². The van der Waals surface area contributed by atoms with Gasteiger partial charge in [-0.15, -0.1) is 0 Å². The molecule has 100 valence electrons. The third-order valence-corrected chi connectivity index (χ3v) is 3.64. The average molecular weight is 270 g/mol. The molecule has 0 aliphatic carbocycles. The van der Waals surface area contributed by atoms with Crippen LogP contribution in [0.15, 0.2) is 6.07 Å². The first-order valence-electron chi connectivity index (χ1n) is 5.92. The lowest BCUT2D eigenvalue weighted by atomic mass is 9.96. The molecule has 0 saturated carbocycles. The third-order valence-electron chi connectivity index (χ3n) is 3.35. The summed E-state index contributed by atoms with van der Waals surface area (Å²) in [5.74, 6) is 0.943. The number of hydrogen-bond acceptors (Lipinski definition) is 2. The summed E-state index contributed by atoms with van der Waals surface area (Å²) >= 11 is 5.41. The Labute approximate surface area is 114 Å². The van der Waals surface area contributed by atoms with Crippen LogP contribution in [0.1, 0.15) is 22.3 Å². The molecule has 1 rings (SSSR count). The van der Waals surface area contributed by atoms with E-state index in [1.807, 2.05) is 6.92 Å². The Hall–Kier alpha value is -1.22. The van der Waals surface area contributed by atoms with E-state index >= 15 is 0 Å². The molecule has 1 aromatic rings. The Morgan fingerprint density at radius 3 is 2.44 bits per heavy atom. The van der Waals surface area contributed by atoms with Gasteiger partial charge in [-0.2, -0.15) is 0 Å². The number of methoxy groups -OCH3 is 1. The molecule has 1 amide bonds. The zero-order chi connectivity index (χ0) is 13.9. The molecule has 0 spiro atoms. The van der Waals surface area contributed by atoms with E-state index in [-0.39, 0.29) is 0 Å². The van der Waals surface area contributed by atoms with Gasteiger partial charge in [-0.25, -0.2) is 0 Å². The van der Waals surface area contributed by atoms with E-state index in [1.54, 1.807) is 14.2 Å². The molecule has 0 heterocycles. The molecule has 0 aromatic heterocycles. The van der Waals surface area contributed by atoms with Gasteiger partial charge in [-0.1, -0.05) is 6.07 Å². The zero-order valence-corrected chi connectivity index (χ0v) is 12.4. The van der Waals surface area contributed by atoms with Crippen molar-refractivity contribution in [2.24, 2.45) is 0 Å². The first-order valence-corrected chi connectivity index (χ1v) is 6.30. The molecule has 0 N–H and O–H groups in total. The third kappa shape index (κ3) is 3.16. The maximum atomic E-state index is 11.0. The second kappa shape index (κ2) is 6.10. The van der Waals surface area contributed by atoms with Crippen molar-refractivity contribution in [1.29, 1.82) is 0 Å². The minimum atomic E-state index is -0.422. The summed E-state index contributed by atoms with van der Waals surface area (Å²) in [4.78, 5) is 12.5. The fraction of sp³-hybridized carbons (Fsp3) is 0.500.